The van der Waals surface area contributed by atoms with Gasteiger partial charge in [-0.25, -0.2) is 0 Å². The van der Waals surface area contributed by atoms with E-state index in [9.17, 15) is 9.90 Å². The molecule has 5 heteroatoms. The van der Waals surface area contributed by atoms with Gasteiger partial charge in [0.2, 0.25) is 0 Å². The van der Waals surface area contributed by atoms with Gasteiger partial charge in [0.15, 0.2) is 0 Å². The number of nitrogens with zero attached hydrogens (tertiary/aromatic N) is 1. The van der Waals surface area contributed by atoms with E-state index in [1.165, 1.54) is 0 Å². The van der Waals surface area contributed by atoms with Crippen LogP contribution < -0.4 is 5.32 Å². The predicted molar refractivity (Wildman–Crippen MR) is 78.9 cm³/mol. The molecule has 21 heavy (non-hydrogen) atoms. The molecular weight excluding hydrogens is 268 g/mol. The Kier molecular flexibility index (Phi) is 4.49. The number of benzene rings is 1. The first-order valence-corrected chi connectivity index (χ1v) is 7.13. The number of hydrogen-bond donors (Lipinski definition) is 3. The Bertz CT molecular complexity index is 569. The number of carboxylic acids is 1. The quantitative estimate of drug-likeness (QED) is 0.790. The number of aliphatic hydroxyl groups is 1. The van der Waals surface area contributed by atoms with E-state index in [4.69, 9.17) is 10.4 Å². The summed E-state index contributed by atoms with van der Waals surface area (Å²) in [5.41, 5.74) is 1.55. The standard InChI is InChI=1S/C16H20N2O3/c1-11-2-3-12(9-17)8-14(11)18-10-16(21)6-4-13(5-7-16)15(19)20/h2-3,8,13,18,21H,4-7,10H2,1H3,(H,19,20). The van der Waals surface area contributed by atoms with Crippen LogP contribution in [0.4, 0.5) is 5.69 Å². The third-order valence-corrected chi connectivity index (χ3v) is 4.24. The largest absolute Gasteiger partial charge is 0.481 e. The molecule has 0 heterocycles. The van der Waals surface area contributed by atoms with E-state index in [0.717, 1.165) is 11.3 Å². The van der Waals surface area contributed by atoms with Crippen molar-refractivity contribution in [2.45, 2.75) is 38.2 Å². The average Bonchev–Trinajstić information content (AvgIpc) is 2.47. The maximum absolute atomic E-state index is 10.9. The topological polar surface area (TPSA) is 93.4 Å². The van der Waals surface area contributed by atoms with Gasteiger partial charge in [-0.3, -0.25) is 4.79 Å². The molecule has 0 spiro atoms. The summed E-state index contributed by atoms with van der Waals surface area (Å²) >= 11 is 0. The molecule has 1 aliphatic rings. The molecule has 0 saturated heterocycles. The van der Waals surface area contributed by atoms with Gasteiger partial charge in [0.1, 0.15) is 0 Å². The lowest BCUT2D eigenvalue weighted by Gasteiger charge is -2.35. The van der Waals surface area contributed by atoms with Crippen molar-refractivity contribution >= 4 is 11.7 Å². The van der Waals surface area contributed by atoms with Crippen LogP contribution in [0.3, 0.4) is 0 Å². The summed E-state index contributed by atoms with van der Waals surface area (Å²) in [6.07, 6.45) is 1.97. The number of rotatable bonds is 4. The zero-order valence-electron chi connectivity index (χ0n) is 12.1. The van der Waals surface area contributed by atoms with Crippen LogP contribution in [0.5, 0.6) is 0 Å². The molecule has 3 N–H and O–H groups in total. The summed E-state index contributed by atoms with van der Waals surface area (Å²) in [6.45, 7) is 2.31. The second kappa shape index (κ2) is 6.15. The Hall–Kier alpha value is -2.06. The van der Waals surface area contributed by atoms with Crippen LogP contribution in [-0.2, 0) is 4.79 Å². The molecule has 1 aliphatic carbocycles. The minimum absolute atomic E-state index is 0.339. The monoisotopic (exact) mass is 288 g/mol. The van der Waals surface area contributed by atoms with Crippen molar-refractivity contribution in [2.24, 2.45) is 5.92 Å². The number of anilines is 1. The fourth-order valence-corrected chi connectivity index (χ4v) is 2.72. The van der Waals surface area contributed by atoms with E-state index >= 15 is 0 Å². The molecule has 5 nitrogen and oxygen atoms in total. The lowest BCUT2D eigenvalue weighted by Crippen LogP contribution is -2.41. The summed E-state index contributed by atoms with van der Waals surface area (Å²) in [4.78, 5) is 10.9. The van der Waals surface area contributed by atoms with Gasteiger partial charge in [0, 0.05) is 12.2 Å². The van der Waals surface area contributed by atoms with E-state index in [0.29, 0.717) is 37.8 Å². The van der Waals surface area contributed by atoms with Crippen molar-refractivity contribution in [3.05, 3.63) is 29.3 Å². The van der Waals surface area contributed by atoms with Crippen molar-refractivity contribution in [3.63, 3.8) is 0 Å². The van der Waals surface area contributed by atoms with E-state index in [-0.39, 0.29) is 5.92 Å². The normalized spacial score (nSPS) is 25.1. The third kappa shape index (κ3) is 3.73. The summed E-state index contributed by atoms with van der Waals surface area (Å²) in [6, 6.07) is 7.48. The predicted octanol–water partition coefficient (Wildman–Crippen LogP) is 2.28. The van der Waals surface area contributed by atoms with Gasteiger partial charge in [-0.2, -0.15) is 5.26 Å². The van der Waals surface area contributed by atoms with E-state index in [2.05, 4.69) is 11.4 Å². The van der Waals surface area contributed by atoms with Crippen molar-refractivity contribution in [1.82, 2.24) is 0 Å². The van der Waals surface area contributed by atoms with Crippen molar-refractivity contribution in [2.75, 3.05) is 11.9 Å². The third-order valence-electron chi connectivity index (χ3n) is 4.24. The fraction of sp³-hybridized carbons (Fsp3) is 0.500. The van der Waals surface area contributed by atoms with Crippen LogP contribution in [-0.4, -0.2) is 28.3 Å². The molecule has 1 saturated carbocycles. The maximum atomic E-state index is 10.9. The molecule has 0 unspecified atom stereocenters. The van der Waals surface area contributed by atoms with Gasteiger partial charge in [-0.05, 0) is 50.3 Å². The molecule has 0 amide bonds. The first-order valence-electron chi connectivity index (χ1n) is 7.13. The molecule has 2 rings (SSSR count). The molecular formula is C16H20N2O3. The average molecular weight is 288 g/mol. The lowest BCUT2D eigenvalue weighted by molar-refractivity contribution is -0.144. The first kappa shape index (κ1) is 15.3. The molecule has 0 aliphatic heterocycles. The Balaban J connectivity index is 1.97. The highest BCUT2D eigenvalue weighted by molar-refractivity contribution is 5.70. The highest BCUT2D eigenvalue weighted by atomic mass is 16.4. The van der Waals surface area contributed by atoms with E-state index in [1.807, 2.05) is 13.0 Å². The number of nitrogens with one attached hydrogen (secondary N) is 1. The molecule has 1 aromatic carbocycles. The highest BCUT2D eigenvalue weighted by Crippen LogP contribution is 2.32. The van der Waals surface area contributed by atoms with Crippen LogP contribution >= 0.6 is 0 Å². The number of aliphatic carboxylic acids is 1. The minimum atomic E-state index is -0.874. The summed E-state index contributed by atoms with van der Waals surface area (Å²) in [7, 11) is 0. The molecule has 0 bridgehead atoms. The number of hydrogen-bond acceptors (Lipinski definition) is 4. The van der Waals surface area contributed by atoms with Crippen LogP contribution in [0.1, 0.15) is 36.8 Å². The van der Waals surface area contributed by atoms with Crippen molar-refractivity contribution in [1.29, 1.82) is 5.26 Å². The summed E-state index contributed by atoms with van der Waals surface area (Å²) in [5, 5.41) is 31.6. The van der Waals surface area contributed by atoms with Crippen LogP contribution in [0.2, 0.25) is 0 Å². The first-order chi connectivity index (χ1) is 9.93. The maximum Gasteiger partial charge on any atom is 0.306 e. The lowest BCUT2D eigenvalue weighted by atomic mass is 9.79. The van der Waals surface area contributed by atoms with Crippen molar-refractivity contribution < 1.29 is 15.0 Å². The number of aryl methyl sites for hydroxylation is 1. The Morgan fingerprint density at radius 3 is 2.71 bits per heavy atom. The molecule has 1 aromatic rings. The van der Waals surface area contributed by atoms with Gasteiger partial charge < -0.3 is 15.5 Å². The van der Waals surface area contributed by atoms with Crippen LogP contribution in [0, 0.1) is 24.2 Å². The zero-order valence-corrected chi connectivity index (χ0v) is 12.1. The van der Waals surface area contributed by atoms with Crippen LogP contribution in [0.15, 0.2) is 18.2 Å². The molecule has 0 atom stereocenters. The molecule has 112 valence electrons. The van der Waals surface area contributed by atoms with Crippen LogP contribution in [0.25, 0.3) is 0 Å². The van der Waals surface area contributed by atoms with Gasteiger partial charge >= 0.3 is 5.97 Å². The summed E-state index contributed by atoms with van der Waals surface area (Å²) in [5.74, 6) is -1.11. The smallest absolute Gasteiger partial charge is 0.306 e. The summed E-state index contributed by atoms with van der Waals surface area (Å²) < 4.78 is 0. The Labute approximate surface area is 124 Å². The van der Waals surface area contributed by atoms with Gasteiger partial charge in [-0.15, -0.1) is 0 Å². The number of carboxylic acid groups (broad SMARTS) is 1. The Morgan fingerprint density at radius 1 is 1.48 bits per heavy atom. The number of carbonyl (C=O) groups is 1. The van der Waals surface area contributed by atoms with Gasteiger partial charge in [-0.1, -0.05) is 6.07 Å². The van der Waals surface area contributed by atoms with Gasteiger partial charge in [0.25, 0.3) is 0 Å². The molecule has 0 radical (unpaired) electrons. The molecule has 1 fully saturated rings. The highest BCUT2D eigenvalue weighted by Gasteiger charge is 2.35. The minimum Gasteiger partial charge on any atom is -0.481 e. The zero-order chi connectivity index (χ0) is 15.5. The molecule has 0 aromatic heterocycles. The number of nitriles is 1. The van der Waals surface area contributed by atoms with Crippen molar-refractivity contribution in [3.8, 4) is 6.07 Å². The fourth-order valence-electron chi connectivity index (χ4n) is 2.72. The SMILES string of the molecule is Cc1ccc(C#N)cc1NCC1(O)CCC(C(=O)O)CC1. The second-order valence-corrected chi connectivity index (χ2v) is 5.83. The Morgan fingerprint density at radius 2 is 2.14 bits per heavy atom. The van der Waals surface area contributed by atoms with E-state index in [1.54, 1.807) is 12.1 Å². The van der Waals surface area contributed by atoms with Gasteiger partial charge in [0.05, 0.1) is 23.2 Å². The second-order valence-electron chi connectivity index (χ2n) is 5.83. The van der Waals surface area contributed by atoms with E-state index < -0.39 is 11.6 Å².